The van der Waals surface area contributed by atoms with Crippen LogP contribution in [-0.2, 0) is 4.79 Å². The average Bonchev–Trinajstić information content (AvgIpc) is 2.59. The van der Waals surface area contributed by atoms with Crippen molar-refractivity contribution in [3.63, 3.8) is 0 Å². The molecule has 3 rings (SSSR count). The molecule has 3 nitrogen and oxygen atoms in total. The minimum atomic E-state index is -0.169. The van der Waals surface area contributed by atoms with Crippen molar-refractivity contribution in [2.75, 3.05) is 11.9 Å². The number of amides is 1. The van der Waals surface area contributed by atoms with Crippen molar-refractivity contribution in [1.82, 2.24) is 5.32 Å². The summed E-state index contributed by atoms with van der Waals surface area (Å²) in [5.41, 5.74) is 2.98. The van der Waals surface area contributed by atoms with Gasteiger partial charge in [-0.15, -0.1) is 0 Å². The molecule has 0 spiro atoms. The summed E-state index contributed by atoms with van der Waals surface area (Å²) in [7, 11) is 0. The number of carbonyl (C=O) groups is 1. The van der Waals surface area contributed by atoms with Gasteiger partial charge in [-0.3, -0.25) is 4.79 Å². The van der Waals surface area contributed by atoms with Crippen LogP contribution in [0, 0.1) is 0 Å². The van der Waals surface area contributed by atoms with Crippen molar-refractivity contribution in [2.45, 2.75) is 6.04 Å². The van der Waals surface area contributed by atoms with E-state index in [2.05, 4.69) is 10.6 Å². The van der Waals surface area contributed by atoms with Gasteiger partial charge >= 0.3 is 0 Å². The first kappa shape index (κ1) is 12.1. The van der Waals surface area contributed by atoms with Gasteiger partial charge in [0.15, 0.2) is 0 Å². The number of rotatable bonds is 1. The Labute approximate surface area is 116 Å². The van der Waals surface area contributed by atoms with E-state index < -0.39 is 0 Å². The Kier molecular flexibility index (Phi) is 3.13. The van der Waals surface area contributed by atoms with Crippen molar-refractivity contribution < 1.29 is 4.79 Å². The Morgan fingerprint density at radius 1 is 1.11 bits per heavy atom. The summed E-state index contributed by atoms with van der Waals surface area (Å²) in [4.78, 5) is 11.8. The molecule has 96 valence electrons. The van der Waals surface area contributed by atoms with E-state index in [1.807, 2.05) is 48.5 Å². The fourth-order valence-corrected chi connectivity index (χ4v) is 2.49. The quantitative estimate of drug-likeness (QED) is 0.838. The lowest BCUT2D eigenvalue weighted by Crippen LogP contribution is -2.30. The van der Waals surface area contributed by atoms with E-state index in [4.69, 9.17) is 11.6 Å². The minimum Gasteiger partial charge on any atom is -0.376 e. The Morgan fingerprint density at radius 2 is 1.89 bits per heavy atom. The zero-order valence-corrected chi connectivity index (χ0v) is 10.9. The van der Waals surface area contributed by atoms with E-state index in [-0.39, 0.29) is 18.5 Å². The van der Waals surface area contributed by atoms with Crippen LogP contribution in [0.5, 0.6) is 0 Å². The minimum absolute atomic E-state index is 0.0267. The van der Waals surface area contributed by atoms with Crippen LogP contribution in [0.25, 0.3) is 0 Å². The van der Waals surface area contributed by atoms with Crippen LogP contribution in [-0.4, -0.2) is 12.5 Å². The summed E-state index contributed by atoms with van der Waals surface area (Å²) in [6.07, 6.45) is 0. The Hall–Kier alpha value is -2.00. The fourth-order valence-electron chi connectivity index (χ4n) is 2.31. The van der Waals surface area contributed by atoms with E-state index >= 15 is 0 Å². The third kappa shape index (κ3) is 2.42. The SMILES string of the molecule is O=C1CNc2ccc(Cl)cc2C(c2ccccc2)N1. The van der Waals surface area contributed by atoms with Gasteiger partial charge in [0.1, 0.15) is 0 Å². The van der Waals surface area contributed by atoms with E-state index in [1.165, 1.54) is 0 Å². The summed E-state index contributed by atoms with van der Waals surface area (Å²) in [5.74, 6) is -0.0267. The van der Waals surface area contributed by atoms with Gasteiger partial charge in [-0.05, 0) is 23.8 Å². The lowest BCUT2D eigenvalue weighted by Gasteiger charge is -2.19. The zero-order valence-electron chi connectivity index (χ0n) is 10.2. The van der Waals surface area contributed by atoms with Crippen LogP contribution in [0.3, 0.4) is 0 Å². The number of nitrogens with one attached hydrogen (secondary N) is 2. The van der Waals surface area contributed by atoms with E-state index in [1.54, 1.807) is 0 Å². The summed E-state index contributed by atoms with van der Waals surface area (Å²) < 4.78 is 0. The first-order chi connectivity index (χ1) is 9.24. The van der Waals surface area contributed by atoms with Crippen LogP contribution in [0.1, 0.15) is 17.2 Å². The third-order valence-electron chi connectivity index (χ3n) is 3.20. The first-order valence-electron chi connectivity index (χ1n) is 6.11. The topological polar surface area (TPSA) is 41.1 Å². The first-order valence-corrected chi connectivity index (χ1v) is 6.49. The highest BCUT2D eigenvalue weighted by molar-refractivity contribution is 6.30. The summed E-state index contributed by atoms with van der Waals surface area (Å²) in [6, 6.07) is 15.3. The van der Waals surface area contributed by atoms with Gasteiger partial charge in [-0.25, -0.2) is 0 Å². The number of halogens is 1. The molecule has 2 aromatic carbocycles. The van der Waals surface area contributed by atoms with Crippen molar-refractivity contribution >= 4 is 23.2 Å². The van der Waals surface area contributed by atoms with Crippen molar-refractivity contribution in [1.29, 1.82) is 0 Å². The maximum Gasteiger partial charge on any atom is 0.240 e. The van der Waals surface area contributed by atoms with E-state index in [0.29, 0.717) is 5.02 Å². The Bertz CT molecular complexity index is 613. The molecule has 0 aliphatic carbocycles. The van der Waals surface area contributed by atoms with Gasteiger partial charge < -0.3 is 10.6 Å². The van der Waals surface area contributed by atoms with Gasteiger partial charge in [0.05, 0.1) is 12.6 Å². The third-order valence-corrected chi connectivity index (χ3v) is 3.44. The maximum atomic E-state index is 11.8. The van der Waals surface area contributed by atoms with Gasteiger partial charge in [0, 0.05) is 16.3 Å². The molecule has 1 unspecified atom stereocenters. The maximum absolute atomic E-state index is 11.8. The number of fused-ring (bicyclic) bond motifs is 1. The van der Waals surface area contributed by atoms with Crippen molar-refractivity contribution in [2.24, 2.45) is 0 Å². The van der Waals surface area contributed by atoms with Crippen LogP contribution >= 0.6 is 11.6 Å². The number of hydrogen-bond acceptors (Lipinski definition) is 2. The number of hydrogen-bond donors (Lipinski definition) is 2. The lowest BCUT2D eigenvalue weighted by atomic mass is 9.97. The van der Waals surface area contributed by atoms with Crippen molar-refractivity contribution in [3.8, 4) is 0 Å². The monoisotopic (exact) mass is 272 g/mol. The van der Waals surface area contributed by atoms with Gasteiger partial charge in [-0.2, -0.15) is 0 Å². The fraction of sp³-hybridized carbons (Fsp3) is 0.133. The molecule has 1 atom stereocenters. The normalized spacial score (nSPS) is 17.9. The molecule has 4 heteroatoms. The molecule has 2 aromatic rings. The molecule has 1 aliphatic heterocycles. The summed E-state index contributed by atoms with van der Waals surface area (Å²) in [6.45, 7) is 0.276. The highest BCUT2D eigenvalue weighted by Crippen LogP contribution is 2.32. The molecular weight excluding hydrogens is 260 g/mol. The second-order valence-electron chi connectivity index (χ2n) is 4.50. The second kappa shape index (κ2) is 4.94. The highest BCUT2D eigenvalue weighted by Gasteiger charge is 2.23. The van der Waals surface area contributed by atoms with E-state index in [9.17, 15) is 4.79 Å². The Morgan fingerprint density at radius 3 is 2.68 bits per heavy atom. The number of benzene rings is 2. The summed E-state index contributed by atoms with van der Waals surface area (Å²) >= 11 is 6.08. The molecular formula is C15H13ClN2O. The van der Waals surface area contributed by atoms with Gasteiger partial charge in [0.25, 0.3) is 0 Å². The zero-order chi connectivity index (χ0) is 13.2. The highest BCUT2D eigenvalue weighted by atomic mass is 35.5. The lowest BCUT2D eigenvalue weighted by molar-refractivity contribution is -0.119. The molecule has 0 saturated heterocycles. The van der Waals surface area contributed by atoms with Crippen LogP contribution in [0.4, 0.5) is 5.69 Å². The Balaban J connectivity index is 2.12. The van der Waals surface area contributed by atoms with Crippen LogP contribution < -0.4 is 10.6 Å². The predicted molar refractivity (Wildman–Crippen MR) is 76.4 cm³/mol. The number of anilines is 1. The molecule has 1 amide bonds. The molecule has 1 heterocycles. The molecule has 0 aromatic heterocycles. The molecule has 0 bridgehead atoms. The molecule has 19 heavy (non-hydrogen) atoms. The molecule has 0 saturated carbocycles. The molecule has 1 aliphatic rings. The van der Waals surface area contributed by atoms with E-state index in [0.717, 1.165) is 16.8 Å². The number of carbonyl (C=O) groups excluding carboxylic acids is 1. The second-order valence-corrected chi connectivity index (χ2v) is 4.93. The molecule has 0 fully saturated rings. The smallest absolute Gasteiger partial charge is 0.240 e. The van der Waals surface area contributed by atoms with Crippen LogP contribution in [0.15, 0.2) is 48.5 Å². The van der Waals surface area contributed by atoms with Crippen molar-refractivity contribution in [3.05, 3.63) is 64.7 Å². The largest absolute Gasteiger partial charge is 0.376 e. The van der Waals surface area contributed by atoms with Gasteiger partial charge in [-0.1, -0.05) is 41.9 Å². The summed E-state index contributed by atoms with van der Waals surface area (Å²) in [5, 5.41) is 6.81. The van der Waals surface area contributed by atoms with Crippen LogP contribution in [0.2, 0.25) is 5.02 Å². The van der Waals surface area contributed by atoms with Gasteiger partial charge in [0.2, 0.25) is 5.91 Å². The molecule has 2 N–H and O–H groups in total. The average molecular weight is 273 g/mol. The molecule has 0 radical (unpaired) electrons. The predicted octanol–water partition coefficient (Wildman–Crippen LogP) is 2.97. The standard InChI is InChI=1S/C15H13ClN2O/c16-11-6-7-13-12(8-11)15(18-14(19)9-17-13)10-4-2-1-3-5-10/h1-8,15,17H,9H2,(H,18,19).